The first-order chi connectivity index (χ1) is 11.3. The summed E-state index contributed by atoms with van der Waals surface area (Å²) in [4.78, 5) is 19.5. The Labute approximate surface area is 138 Å². The Morgan fingerprint density at radius 3 is 2.83 bits per heavy atom. The summed E-state index contributed by atoms with van der Waals surface area (Å²) in [6.07, 6.45) is 11.8. The normalized spacial score (nSPS) is 27.7. The van der Waals surface area contributed by atoms with Crippen molar-refractivity contribution >= 4 is 5.91 Å². The first-order valence-corrected chi connectivity index (χ1v) is 9.17. The summed E-state index contributed by atoms with van der Waals surface area (Å²) in [6.45, 7) is 2.56. The van der Waals surface area contributed by atoms with Gasteiger partial charge in [-0.2, -0.15) is 0 Å². The molecule has 0 aromatic carbocycles. The molecule has 3 aliphatic rings. The molecule has 1 aromatic rings. The zero-order chi connectivity index (χ0) is 15.7. The van der Waals surface area contributed by atoms with Gasteiger partial charge in [0.1, 0.15) is 0 Å². The van der Waals surface area contributed by atoms with Crippen LogP contribution in [0, 0.1) is 0 Å². The summed E-state index contributed by atoms with van der Waals surface area (Å²) in [5.74, 6) is 0.154. The van der Waals surface area contributed by atoms with Gasteiger partial charge in [-0.05, 0) is 69.4 Å². The number of rotatable bonds is 1. The number of likely N-dealkylation sites (tertiary alicyclic amines) is 1. The van der Waals surface area contributed by atoms with Gasteiger partial charge in [-0.15, -0.1) is 0 Å². The monoisotopic (exact) mass is 314 g/mol. The topological polar surface area (TPSA) is 42.4 Å². The van der Waals surface area contributed by atoms with E-state index in [1.165, 1.54) is 30.5 Å². The highest BCUT2D eigenvalue weighted by atomic mass is 16.5. The van der Waals surface area contributed by atoms with Crippen LogP contribution < -0.4 is 0 Å². The number of pyridine rings is 1. The molecule has 124 valence electrons. The van der Waals surface area contributed by atoms with Gasteiger partial charge >= 0.3 is 0 Å². The van der Waals surface area contributed by atoms with E-state index in [1.54, 1.807) is 6.20 Å². The molecule has 4 nitrogen and oxygen atoms in total. The average molecular weight is 314 g/mol. The van der Waals surface area contributed by atoms with Gasteiger partial charge in [0.25, 0.3) is 5.91 Å². The lowest BCUT2D eigenvalue weighted by Crippen LogP contribution is -2.34. The zero-order valence-electron chi connectivity index (χ0n) is 13.9. The number of aromatic nitrogens is 1. The van der Waals surface area contributed by atoms with Gasteiger partial charge in [0, 0.05) is 31.6 Å². The Morgan fingerprint density at radius 2 is 1.96 bits per heavy atom. The summed E-state index contributed by atoms with van der Waals surface area (Å²) in [5.41, 5.74) is 3.31. The first-order valence-electron chi connectivity index (χ1n) is 9.17. The standard InChI is InChI=1S/C19H26N2O2/c22-18(16-13-15-5-1-2-6-17(15)20-14-16)21-10-3-7-19(9-11-21)8-4-12-23-19/h13-14H,1-12H2. The SMILES string of the molecule is O=C(c1cnc2c(c1)CCCC2)N1CCCC2(CCCO2)CC1. The second-order valence-electron chi connectivity index (χ2n) is 7.32. The lowest BCUT2D eigenvalue weighted by Gasteiger charge is -2.27. The van der Waals surface area contributed by atoms with Gasteiger partial charge in [-0.3, -0.25) is 9.78 Å². The predicted molar refractivity (Wildman–Crippen MR) is 88.6 cm³/mol. The van der Waals surface area contributed by atoms with Crippen LogP contribution in [-0.2, 0) is 17.6 Å². The second kappa shape index (κ2) is 6.23. The molecule has 4 rings (SSSR count). The van der Waals surface area contributed by atoms with E-state index in [0.29, 0.717) is 0 Å². The summed E-state index contributed by atoms with van der Waals surface area (Å²) < 4.78 is 6.02. The van der Waals surface area contributed by atoms with Crippen LogP contribution in [-0.4, -0.2) is 41.1 Å². The van der Waals surface area contributed by atoms with E-state index in [1.807, 2.05) is 4.90 Å². The summed E-state index contributed by atoms with van der Waals surface area (Å²) in [5, 5.41) is 0. The Kier molecular flexibility index (Phi) is 4.10. The minimum atomic E-state index is 0.0587. The number of aryl methyl sites for hydroxylation is 2. The van der Waals surface area contributed by atoms with E-state index in [4.69, 9.17) is 4.74 Å². The number of hydrogen-bond acceptors (Lipinski definition) is 3. The molecular formula is C19H26N2O2. The van der Waals surface area contributed by atoms with Crippen molar-refractivity contribution in [1.82, 2.24) is 9.88 Å². The zero-order valence-corrected chi connectivity index (χ0v) is 13.9. The Hall–Kier alpha value is -1.42. The molecule has 2 aliphatic heterocycles. The summed E-state index contributed by atoms with van der Waals surface area (Å²) in [7, 11) is 0. The van der Waals surface area contributed by atoms with Gasteiger partial charge in [-0.25, -0.2) is 0 Å². The number of ether oxygens (including phenoxy) is 1. The number of hydrogen-bond donors (Lipinski definition) is 0. The molecule has 23 heavy (non-hydrogen) atoms. The van der Waals surface area contributed by atoms with Crippen molar-refractivity contribution in [2.75, 3.05) is 19.7 Å². The maximum absolute atomic E-state index is 12.9. The smallest absolute Gasteiger partial charge is 0.255 e. The molecule has 0 radical (unpaired) electrons. The lowest BCUT2D eigenvalue weighted by atomic mass is 9.92. The van der Waals surface area contributed by atoms with Crippen LogP contribution >= 0.6 is 0 Å². The Morgan fingerprint density at radius 1 is 1.09 bits per heavy atom. The highest BCUT2D eigenvalue weighted by Crippen LogP contribution is 2.35. The van der Waals surface area contributed by atoms with Crippen LogP contribution in [0.4, 0.5) is 0 Å². The number of carbonyl (C=O) groups excluding carboxylic acids is 1. The molecule has 1 aliphatic carbocycles. The van der Waals surface area contributed by atoms with Crippen LogP contribution in [0.25, 0.3) is 0 Å². The van der Waals surface area contributed by atoms with Crippen molar-refractivity contribution in [3.63, 3.8) is 0 Å². The highest BCUT2D eigenvalue weighted by Gasteiger charge is 2.37. The van der Waals surface area contributed by atoms with Crippen LogP contribution in [0.2, 0.25) is 0 Å². The molecular weight excluding hydrogens is 288 g/mol. The van der Waals surface area contributed by atoms with Gasteiger partial charge in [-0.1, -0.05) is 0 Å². The van der Waals surface area contributed by atoms with Crippen molar-refractivity contribution in [3.05, 3.63) is 29.1 Å². The number of fused-ring (bicyclic) bond motifs is 1. The average Bonchev–Trinajstić information content (AvgIpc) is 2.95. The van der Waals surface area contributed by atoms with E-state index in [2.05, 4.69) is 11.1 Å². The van der Waals surface area contributed by atoms with Gasteiger partial charge in [0.2, 0.25) is 0 Å². The Balaban J connectivity index is 1.48. The number of carbonyl (C=O) groups is 1. The molecule has 3 heterocycles. The van der Waals surface area contributed by atoms with Crippen molar-refractivity contribution < 1.29 is 9.53 Å². The van der Waals surface area contributed by atoms with Crippen LogP contribution in [0.15, 0.2) is 12.3 Å². The minimum absolute atomic E-state index is 0.0587. The third-order valence-corrected chi connectivity index (χ3v) is 5.79. The first kappa shape index (κ1) is 15.1. The lowest BCUT2D eigenvalue weighted by molar-refractivity contribution is -0.00691. The molecule has 0 N–H and O–H groups in total. The maximum Gasteiger partial charge on any atom is 0.255 e. The largest absolute Gasteiger partial charge is 0.375 e. The molecule has 2 fully saturated rings. The van der Waals surface area contributed by atoms with Crippen molar-refractivity contribution in [2.45, 2.75) is 63.4 Å². The van der Waals surface area contributed by atoms with Crippen molar-refractivity contribution in [3.8, 4) is 0 Å². The molecule has 0 saturated carbocycles. The van der Waals surface area contributed by atoms with Crippen LogP contribution in [0.3, 0.4) is 0 Å². The molecule has 0 bridgehead atoms. The summed E-state index contributed by atoms with van der Waals surface area (Å²) in [6, 6.07) is 2.09. The third kappa shape index (κ3) is 3.01. The van der Waals surface area contributed by atoms with E-state index >= 15 is 0 Å². The fourth-order valence-corrected chi connectivity index (χ4v) is 4.41. The quantitative estimate of drug-likeness (QED) is 0.800. The summed E-state index contributed by atoms with van der Waals surface area (Å²) >= 11 is 0. The van der Waals surface area contributed by atoms with Gasteiger partial charge in [0.15, 0.2) is 0 Å². The number of amides is 1. The maximum atomic E-state index is 12.9. The van der Waals surface area contributed by atoms with E-state index in [0.717, 1.165) is 63.8 Å². The molecule has 1 amide bonds. The van der Waals surface area contributed by atoms with Gasteiger partial charge < -0.3 is 9.64 Å². The van der Waals surface area contributed by atoms with Crippen molar-refractivity contribution in [1.29, 1.82) is 0 Å². The molecule has 1 unspecified atom stereocenters. The molecule has 2 saturated heterocycles. The molecule has 1 atom stereocenters. The molecule has 1 spiro atoms. The van der Waals surface area contributed by atoms with E-state index < -0.39 is 0 Å². The van der Waals surface area contributed by atoms with E-state index in [9.17, 15) is 4.79 Å². The van der Waals surface area contributed by atoms with Crippen LogP contribution in [0.5, 0.6) is 0 Å². The van der Waals surface area contributed by atoms with Crippen LogP contribution in [0.1, 0.15) is 66.6 Å². The Bertz CT molecular complexity index is 593. The predicted octanol–water partition coefficient (Wildman–Crippen LogP) is 3.14. The van der Waals surface area contributed by atoms with Gasteiger partial charge in [0.05, 0.1) is 11.2 Å². The fourth-order valence-electron chi connectivity index (χ4n) is 4.41. The third-order valence-electron chi connectivity index (χ3n) is 5.79. The van der Waals surface area contributed by atoms with Crippen molar-refractivity contribution in [2.24, 2.45) is 0 Å². The fraction of sp³-hybridized carbons (Fsp3) is 0.684. The van der Waals surface area contributed by atoms with E-state index in [-0.39, 0.29) is 11.5 Å². The number of nitrogens with zero attached hydrogens (tertiary/aromatic N) is 2. The molecule has 1 aromatic heterocycles. The highest BCUT2D eigenvalue weighted by molar-refractivity contribution is 5.94. The second-order valence-corrected chi connectivity index (χ2v) is 7.32. The molecule has 4 heteroatoms. The minimum Gasteiger partial charge on any atom is -0.375 e.